The maximum atomic E-state index is 5.87. The average molecular weight is 220 g/mol. The van der Waals surface area contributed by atoms with Crippen molar-refractivity contribution >= 4 is 0 Å². The van der Waals surface area contributed by atoms with E-state index < -0.39 is 0 Å². The van der Waals surface area contributed by atoms with E-state index in [0.717, 1.165) is 30.4 Å². The molecule has 88 valence electrons. The predicted octanol–water partition coefficient (Wildman–Crippen LogP) is 1.13. The number of aryl methyl sites for hydroxylation is 1. The van der Waals surface area contributed by atoms with E-state index in [1.54, 1.807) is 0 Å². The molecule has 1 aromatic heterocycles. The molecule has 1 saturated heterocycles. The molecular weight excluding hydrogens is 200 g/mol. The van der Waals surface area contributed by atoms with E-state index in [2.05, 4.69) is 21.8 Å². The molecule has 4 nitrogen and oxygen atoms in total. The molecule has 0 bridgehead atoms. The largest absolute Gasteiger partial charge is 0.329 e. The summed E-state index contributed by atoms with van der Waals surface area (Å²) in [5.41, 5.74) is 7.01. The van der Waals surface area contributed by atoms with Crippen LogP contribution in [0.1, 0.15) is 30.8 Å². The summed E-state index contributed by atoms with van der Waals surface area (Å²) in [5.74, 6) is 1.59. The van der Waals surface area contributed by atoms with Crippen LogP contribution >= 0.6 is 0 Å². The van der Waals surface area contributed by atoms with Gasteiger partial charge in [-0.05, 0) is 25.8 Å². The van der Waals surface area contributed by atoms with Gasteiger partial charge in [0.05, 0.1) is 6.04 Å². The third-order valence-electron chi connectivity index (χ3n) is 3.31. The molecule has 2 unspecified atom stereocenters. The fourth-order valence-corrected chi connectivity index (χ4v) is 2.32. The summed E-state index contributed by atoms with van der Waals surface area (Å²) in [6.07, 6.45) is 5.08. The van der Waals surface area contributed by atoms with Crippen molar-refractivity contribution in [2.45, 2.75) is 26.3 Å². The third-order valence-corrected chi connectivity index (χ3v) is 3.31. The minimum atomic E-state index is 0.283. The van der Waals surface area contributed by atoms with Gasteiger partial charge >= 0.3 is 0 Å². The molecule has 1 aliphatic rings. The number of hydrogen-bond acceptors (Lipinski definition) is 4. The van der Waals surface area contributed by atoms with Crippen molar-refractivity contribution in [1.29, 1.82) is 0 Å². The zero-order valence-corrected chi connectivity index (χ0v) is 10.1. The summed E-state index contributed by atoms with van der Waals surface area (Å²) in [5, 5.41) is 0. The van der Waals surface area contributed by atoms with E-state index >= 15 is 0 Å². The number of nitrogens with zero attached hydrogens (tertiary/aromatic N) is 3. The van der Waals surface area contributed by atoms with Crippen LogP contribution in [0.25, 0.3) is 0 Å². The molecule has 0 aromatic carbocycles. The van der Waals surface area contributed by atoms with Gasteiger partial charge in [0.25, 0.3) is 0 Å². The first kappa shape index (κ1) is 11.5. The van der Waals surface area contributed by atoms with Crippen molar-refractivity contribution in [2.75, 3.05) is 19.6 Å². The van der Waals surface area contributed by atoms with E-state index in [1.165, 1.54) is 6.42 Å². The Hall–Kier alpha value is -1.00. The van der Waals surface area contributed by atoms with Gasteiger partial charge < -0.3 is 5.73 Å². The molecule has 16 heavy (non-hydrogen) atoms. The molecule has 1 fully saturated rings. The lowest BCUT2D eigenvalue weighted by molar-refractivity contribution is 0.243. The van der Waals surface area contributed by atoms with Gasteiger partial charge in [0.2, 0.25) is 0 Å². The monoisotopic (exact) mass is 220 g/mol. The number of rotatable bonds is 3. The van der Waals surface area contributed by atoms with Crippen LogP contribution in [-0.4, -0.2) is 34.5 Å². The van der Waals surface area contributed by atoms with Crippen LogP contribution in [-0.2, 0) is 0 Å². The van der Waals surface area contributed by atoms with Crippen LogP contribution in [0.4, 0.5) is 0 Å². The van der Waals surface area contributed by atoms with E-state index in [0.29, 0.717) is 6.54 Å². The standard InChI is InChI=1S/C12H20N4/c1-9-3-4-16(8-9)12(5-13)11-6-14-10(2)15-7-11/h6-7,9,12H,3-5,8,13H2,1-2H3. The first-order valence-electron chi connectivity index (χ1n) is 5.93. The SMILES string of the molecule is Cc1ncc(C(CN)N2CCC(C)C2)cn1. The van der Waals surface area contributed by atoms with E-state index in [-0.39, 0.29) is 6.04 Å². The Bertz CT molecular complexity index is 335. The smallest absolute Gasteiger partial charge is 0.125 e. The highest BCUT2D eigenvalue weighted by molar-refractivity contribution is 5.12. The van der Waals surface area contributed by atoms with Crippen LogP contribution in [0.15, 0.2) is 12.4 Å². The molecule has 2 heterocycles. The second-order valence-electron chi connectivity index (χ2n) is 4.70. The molecule has 2 N–H and O–H groups in total. The number of hydrogen-bond donors (Lipinski definition) is 1. The first-order chi connectivity index (χ1) is 7.70. The van der Waals surface area contributed by atoms with Gasteiger partial charge in [-0.15, -0.1) is 0 Å². The molecule has 0 saturated carbocycles. The minimum absolute atomic E-state index is 0.283. The normalized spacial score (nSPS) is 23.6. The Morgan fingerprint density at radius 1 is 1.50 bits per heavy atom. The topological polar surface area (TPSA) is 55.0 Å². The molecule has 1 aromatic rings. The second kappa shape index (κ2) is 4.89. The Morgan fingerprint density at radius 3 is 2.69 bits per heavy atom. The molecule has 0 amide bonds. The van der Waals surface area contributed by atoms with Crippen LogP contribution in [0.2, 0.25) is 0 Å². The molecular formula is C12H20N4. The van der Waals surface area contributed by atoms with Gasteiger partial charge in [-0.1, -0.05) is 6.92 Å². The second-order valence-corrected chi connectivity index (χ2v) is 4.70. The van der Waals surface area contributed by atoms with Crippen molar-refractivity contribution < 1.29 is 0 Å². The fourth-order valence-electron chi connectivity index (χ4n) is 2.32. The van der Waals surface area contributed by atoms with Gasteiger partial charge in [0.1, 0.15) is 5.82 Å². The number of likely N-dealkylation sites (tertiary alicyclic amines) is 1. The Labute approximate surface area is 96.9 Å². The molecule has 1 aliphatic heterocycles. The first-order valence-corrected chi connectivity index (χ1v) is 5.93. The quantitative estimate of drug-likeness (QED) is 0.829. The number of nitrogens with two attached hydrogens (primary N) is 1. The van der Waals surface area contributed by atoms with Crippen molar-refractivity contribution in [3.05, 3.63) is 23.8 Å². The highest BCUT2D eigenvalue weighted by atomic mass is 15.2. The van der Waals surface area contributed by atoms with Crippen molar-refractivity contribution in [2.24, 2.45) is 11.7 Å². The third kappa shape index (κ3) is 2.39. The summed E-state index contributed by atoms with van der Waals surface area (Å²) in [6.45, 7) is 7.10. The van der Waals surface area contributed by atoms with Gasteiger partial charge in [-0.3, -0.25) is 4.90 Å². The molecule has 0 spiro atoms. The fraction of sp³-hybridized carbons (Fsp3) is 0.667. The Morgan fingerprint density at radius 2 is 2.19 bits per heavy atom. The molecule has 0 aliphatic carbocycles. The summed E-state index contributed by atoms with van der Waals surface area (Å²) in [4.78, 5) is 10.9. The van der Waals surface area contributed by atoms with Gasteiger partial charge in [-0.25, -0.2) is 9.97 Å². The van der Waals surface area contributed by atoms with Crippen LogP contribution in [0.3, 0.4) is 0 Å². The van der Waals surface area contributed by atoms with Crippen LogP contribution < -0.4 is 5.73 Å². The maximum absolute atomic E-state index is 5.87. The Balaban J connectivity index is 2.13. The number of aromatic nitrogens is 2. The molecule has 2 atom stereocenters. The summed E-state index contributed by atoms with van der Waals surface area (Å²) >= 11 is 0. The van der Waals surface area contributed by atoms with E-state index in [4.69, 9.17) is 5.73 Å². The van der Waals surface area contributed by atoms with Crippen molar-refractivity contribution in [3.63, 3.8) is 0 Å². The van der Waals surface area contributed by atoms with E-state index in [1.807, 2.05) is 19.3 Å². The van der Waals surface area contributed by atoms with E-state index in [9.17, 15) is 0 Å². The highest BCUT2D eigenvalue weighted by Gasteiger charge is 2.26. The lowest BCUT2D eigenvalue weighted by atomic mass is 10.1. The zero-order chi connectivity index (χ0) is 11.5. The van der Waals surface area contributed by atoms with Crippen LogP contribution in [0.5, 0.6) is 0 Å². The van der Waals surface area contributed by atoms with Crippen molar-refractivity contribution in [1.82, 2.24) is 14.9 Å². The zero-order valence-electron chi connectivity index (χ0n) is 10.1. The Kier molecular flexibility index (Phi) is 3.51. The maximum Gasteiger partial charge on any atom is 0.125 e. The summed E-state index contributed by atoms with van der Waals surface area (Å²) < 4.78 is 0. The predicted molar refractivity (Wildman–Crippen MR) is 63.9 cm³/mol. The molecule has 2 rings (SSSR count). The lowest BCUT2D eigenvalue weighted by Gasteiger charge is -2.26. The van der Waals surface area contributed by atoms with Crippen molar-refractivity contribution in [3.8, 4) is 0 Å². The average Bonchev–Trinajstić information content (AvgIpc) is 2.69. The molecule has 4 heteroatoms. The summed E-state index contributed by atoms with van der Waals surface area (Å²) in [7, 11) is 0. The molecule has 0 radical (unpaired) electrons. The van der Waals surface area contributed by atoms with Crippen LogP contribution in [0, 0.1) is 12.8 Å². The summed E-state index contributed by atoms with van der Waals surface area (Å²) in [6, 6.07) is 0.283. The minimum Gasteiger partial charge on any atom is -0.329 e. The van der Waals surface area contributed by atoms with Gasteiger partial charge in [0.15, 0.2) is 0 Å². The lowest BCUT2D eigenvalue weighted by Crippen LogP contribution is -2.32. The van der Waals surface area contributed by atoms with Gasteiger partial charge in [0, 0.05) is 31.0 Å². The highest BCUT2D eigenvalue weighted by Crippen LogP contribution is 2.25. The van der Waals surface area contributed by atoms with Gasteiger partial charge in [-0.2, -0.15) is 0 Å².